The molecule has 2 saturated heterocycles. The Balaban J connectivity index is 1.74. The van der Waals surface area contributed by atoms with E-state index < -0.39 is 5.79 Å². The zero-order chi connectivity index (χ0) is 14.0. The summed E-state index contributed by atoms with van der Waals surface area (Å²) in [5.41, 5.74) is 0. The minimum Gasteiger partial charge on any atom is -0.391 e. The van der Waals surface area contributed by atoms with Crippen LogP contribution < -0.4 is 0 Å². The van der Waals surface area contributed by atoms with E-state index in [1.165, 1.54) is 32.1 Å². The molecule has 1 spiro atoms. The fraction of sp³-hybridized carbons (Fsp3) is 1.00. The molecule has 0 aromatic carbocycles. The molecule has 3 unspecified atom stereocenters. The molecule has 3 aliphatic rings. The van der Waals surface area contributed by atoms with Crippen LogP contribution in [0.3, 0.4) is 0 Å². The maximum absolute atomic E-state index is 10.5. The SMILES string of the molecule is CCC1CCCCCN1C1CC2(CCC1O)OCCO2. The van der Waals surface area contributed by atoms with E-state index in [0.717, 1.165) is 25.8 Å². The maximum Gasteiger partial charge on any atom is 0.170 e. The van der Waals surface area contributed by atoms with Crippen LogP contribution in [0.4, 0.5) is 0 Å². The van der Waals surface area contributed by atoms with Crippen LogP contribution >= 0.6 is 0 Å². The van der Waals surface area contributed by atoms with Gasteiger partial charge >= 0.3 is 0 Å². The van der Waals surface area contributed by atoms with E-state index >= 15 is 0 Å². The predicted molar refractivity (Wildman–Crippen MR) is 77.5 cm³/mol. The van der Waals surface area contributed by atoms with Gasteiger partial charge in [-0.05, 0) is 32.2 Å². The molecule has 3 rings (SSSR count). The van der Waals surface area contributed by atoms with E-state index in [4.69, 9.17) is 9.47 Å². The van der Waals surface area contributed by atoms with E-state index in [1.54, 1.807) is 0 Å². The van der Waals surface area contributed by atoms with Crippen molar-refractivity contribution in [3.05, 3.63) is 0 Å². The minimum atomic E-state index is -0.394. The second-order valence-electron chi connectivity index (χ2n) is 6.63. The Morgan fingerprint density at radius 1 is 1.15 bits per heavy atom. The molecule has 2 heterocycles. The Bertz CT molecular complexity index is 317. The highest BCUT2D eigenvalue weighted by atomic mass is 16.7. The normalized spacial score (nSPS) is 39.0. The van der Waals surface area contributed by atoms with E-state index in [0.29, 0.717) is 19.3 Å². The number of likely N-dealkylation sites (tertiary alicyclic amines) is 1. The van der Waals surface area contributed by atoms with Gasteiger partial charge in [-0.1, -0.05) is 19.8 Å². The van der Waals surface area contributed by atoms with Crippen molar-refractivity contribution in [3.63, 3.8) is 0 Å². The fourth-order valence-corrected chi connectivity index (χ4v) is 4.29. The van der Waals surface area contributed by atoms with Crippen LogP contribution in [0.1, 0.15) is 58.3 Å². The monoisotopic (exact) mass is 283 g/mol. The average molecular weight is 283 g/mol. The third-order valence-corrected chi connectivity index (χ3v) is 5.42. The molecule has 1 aliphatic carbocycles. The molecule has 3 fully saturated rings. The van der Waals surface area contributed by atoms with Gasteiger partial charge in [-0.25, -0.2) is 0 Å². The molecule has 0 aromatic heterocycles. The third kappa shape index (κ3) is 2.89. The van der Waals surface area contributed by atoms with Gasteiger partial charge in [0.1, 0.15) is 0 Å². The van der Waals surface area contributed by atoms with E-state index in [9.17, 15) is 5.11 Å². The number of aliphatic hydroxyl groups is 1. The number of nitrogens with zero attached hydrogens (tertiary/aromatic N) is 1. The molecule has 0 amide bonds. The average Bonchev–Trinajstić information content (AvgIpc) is 2.78. The highest BCUT2D eigenvalue weighted by molar-refractivity contribution is 4.95. The summed E-state index contributed by atoms with van der Waals surface area (Å²) < 4.78 is 11.8. The van der Waals surface area contributed by atoms with Crippen molar-refractivity contribution in [1.82, 2.24) is 4.90 Å². The first kappa shape index (κ1) is 14.8. The van der Waals surface area contributed by atoms with Crippen molar-refractivity contribution in [2.24, 2.45) is 0 Å². The van der Waals surface area contributed by atoms with Gasteiger partial charge in [-0.3, -0.25) is 4.90 Å². The Morgan fingerprint density at radius 2 is 1.95 bits per heavy atom. The minimum absolute atomic E-state index is 0.213. The zero-order valence-electron chi connectivity index (χ0n) is 12.7. The van der Waals surface area contributed by atoms with Crippen molar-refractivity contribution in [2.45, 2.75) is 82.3 Å². The first-order valence-electron chi connectivity index (χ1n) is 8.46. The van der Waals surface area contributed by atoms with Crippen LogP contribution in [0, 0.1) is 0 Å². The van der Waals surface area contributed by atoms with E-state index in [-0.39, 0.29) is 12.1 Å². The number of hydrogen-bond acceptors (Lipinski definition) is 4. The van der Waals surface area contributed by atoms with Gasteiger partial charge in [-0.2, -0.15) is 0 Å². The highest BCUT2D eigenvalue weighted by Crippen LogP contribution is 2.39. The topological polar surface area (TPSA) is 41.9 Å². The number of hydrogen-bond donors (Lipinski definition) is 1. The third-order valence-electron chi connectivity index (χ3n) is 5.42. The Hall–Kier alpha value is -0.160. The van der Waals surface area contributed by atoms with Gasteiger partial charge in [0, 0.05) is 24.9 Å². The van der Waals surface area contributed by atoms with Crippen LogP contribution in [0.15, 0.2) is 0 Å². The van der Waals surface area contributed by atoms with E-state index in [1.807, 2.05) is 0 Å². The van der Waals surface area contributed by atoms with Gasteiger partial charge in [0.25, 0.3) is 0 Å². The van der Waals surface area contributed by atoms with Gasteiger partial charge in [0.05, 0.1) is 19.3 Å². The summed E-state index contributed by atoms with van der Waals surface area (Å²) >= 11 is 0. The molecule has 0 radical (unpaired) electrons. The molecular formula is C16H29NO3. The van der Waals surface area contributed by atoms with Crippen LogP contribution in [0.2, 0.25) is 0 Å². The van der Waals surface area contributed by atoms with Crippen molar-refractivity contribution < 1.29 is 14.6 Å². The molecule has 116 valence electrons. The summed E-state index contributed by atoms with van der Waals surface area (Å²) in [6.45, 7) is 4.81. The predicted octanol–water partition coefficient (Wildman–Crippen LogP) is 2.30. The summed E-state index contributed by atoms with van der Waals surface area (Å²) in [7, 11) is 0. The molecule has 1 saturated carbocycles. The Kier molecular flexibility index (Phi) is 4.65. The van der Waals surface area contributed by atoms with Crippen LogP contribution in [-0.4, -0.2) is 53.7 Å². The van der Waals surface area contributed by atoms with Crippen LogP contribution in [0.25, 0.3) is 0 Å². The molecule has 2 aliphatic heterocycles. The lowest BCUT2D eigenvalue weighted by molar-refractivity contribution is -0.207. The van der Waals surface area contributed by atoms with Gasteiger partial charge in [0.15, 0.2) is 5.79 Å². The van der Waals surface area contributed by atoms with Gasteiger partial charge in [0.2, 0.25) is 0 Å². The number of aliphatic hydroxyl groups excluding tert-OH is 1. The molecular weight excluding hydrogens is 254 g/mol. The van der Waals surface area contributed by atoms with Crippen molar-refractivity contribution in [1.29, 1.82) is 0 Å². The van der Waals surface area contributed by atoms with Crippen LogP contribution in [-0.2, 0) is 9.47 Å². The largest absolute Gasteiger partial charge is 0.391 e. The summed E-state index contributed by atoms with van der Waals surface area (Å²) in [5, 5.41) is 10.5. The lowest BCUT2D eigenvalue weighted by atomic mass is 9.85. The smallest absolute Gasteiger partial charge is 0.170 e. The van der Waals surface area contributed by atoms with E-state index in [2.05, 4.69) is 11.8 Å². The molecule has 4 heteroatoms. The summed E-state index contributed by atoms with van der Waals surface area (Å²) in [6.07, 6.45) is 8.63. The second kappa shape index (κ2) is 6.30. The van der Waals surface area contributed by atoms with Crippen molar-refractivity contribution in [2.75, 3.05) is 19.8 Å². The summed E-state index contributed by atoms with van der Waals surface area (Å²) in [5.74, 6) is -0.394. The quantitative estimate of drug-likeness (QED) is 0.844. The number of rotatable bonds is 2. The first-order valence-corrected chi connectivity index (χ1v) is 8.46. The highest BCUT2D eigenvalue weighted by Gasteiger charge is 2.47. The first-order chi connectivity index (χ1) is 9.74. The Morgan fingerprint density at radius 3 is 2.70 bits per heavy atom. The fourth-order valence-electron chi connectivity index (χ4n) is 4.29. The molecule has 4 nitrogen and oxygen atoms in total. The van der Waals surface area contributed by atoms with Crippen molar-refractivity contribution in [3.8, 4) is 0 Å². The zero-order valence-corrected chi connectivity index (χ0v) is 12.7. The standard InChI is InChI=1S/C16H29NO3/c1-2-13-6-4-3-5-9-17(13)14-12-16(8-7-15(14)18)19-10-11-20-16/h13-15,18H,2-12H2,1H3. The molecule has 20 heavy (non-hydrogen) atoms. The maximum atomic E-state index is 10.5. The van der Waals surface area contributed by atoms with Crippen LogP contribution in [0.5, 0.6) is 0 Å². The second-order valence-corrected chi connectivity index (χ2v) is 6.63. The lowest BCUT2D eigenvalue weighted by Gasteiger charge is -2.46. The molecule has 0 bridgehead atoms. The lowest BCUT2D eigenvalue weighted by Crippen LogP contribution is -2.56. The molecule has 0 aromatic rings. The van der Waals surface area contributed by atoms with Gasteiger partial charge < -0.3 is 14.6 Å². The summed E-state index contributed by atoms with van der Waals surface area (Å²) in [6, 6.07) is 0.832. The number of ether oxygens (including phenoxy) is 2. The van der Waals surface area contributed by atoms with Gasteiger partial charge in [-0.15, -0.1) is 0 Å². The van der Waals surface area contributed by atoms with Crippen molar-refractivity contribution >= 4 is 0 Å². The Labute approximate surface area is 122 Å². The summed E-state index contributed by atoms with van der Waals surface area (Å²) in [4.78, 5) is 2.57. The molecule has 1 N–H and O–H groups in total. The molecule has 3 atom stereocenters.